The highest BCUT2D eigenvalue weighted by Crippen LogP contribution is 2.23. The predicted octanol–water partition coefficient (Wildman–Crippen LogP) is 3.10. The molecular weight excluding hydrogens is 321 g/mol. The van der Waals surface area contributed by atoms with Crippen LogP contribution in [0, 0.1) is 5.92 Å². The standard InChI is InChI=1S/C17H23F3N2O2/c1-12(21)14-3-2-10-22(11-14)16(23)9-6-13-4-7-15(8-5-13)24-17(18,19)20/h4-5,7-8,12,14H,2-3,6,9-11,21H2,1H3. The summed E-state index contributed by atoms with van der Waals surface area (Å²) in [7, 11) is 0. The summed E-state index contributed by atoms with van der Waals surface area (Å²) in [5.74, 6) is 0.144. The fourth-order valence-corrected chi connectivity index (χ4v) is 2.93. The van der Waals surface area contributed by atoms with Gasteiger partial charge in [0, 0.05) is 25.6 Å². The summed E-state index contributed by atoms with van der Waals surface area (Å²) in [5.41, 5.74) is 6.73. The molecule has 7 heteroatoms. The van der Waals surface area contributed by atoms with Gasteiger partial charge in [0.1, 0.15) is 5.75 Å². The summed E-state index contributed by atoms with van der Waals surface area (Å²) in [6.07, 6.45) is -1.86. The molecule has 2 N–H and O–H groups in total. The summed E-state index contributed by atoms with van der Waals surface area (Å²) in [5, 5.41) is 0. The third kappa shape index (κ3) is 5.70. The Bertz CT molecular complexity index is 544. The molecule has 1 fully saturated rings. The molecule has 134 valence electrons. The molecular formula is C17H23F3N2O2. The number of halogens is 3. The van der Waals surface area contributed by atoms with Crippen molar-refractivity contribution in [1.29, 1.82) is 0 Å². The predicted molar refractivity (Wildman–Crippen MR) is 84.4 cm³/mol. The largest absolute Gasteiger partial charge is 0.573 e. The van der Waals surface area contributed by atoms with Crippen molar-refractivity contribution in [3.8, 4) is 5.75 Å². The van der Waals surface area contributed by atoms with E-state index in [1.807, 2.05) is 11.8 Å². The minimum absolute atomic E-state index is 0.0657. The Morgan fingerprint density at radius 1 is 1.38 bits per heavy atom. The van der Waals surface area contributed by atoms with Gasteiger partial charge in [-0.05, 0) is 49.8 Å². The first-order valence-corrected chi connectivity index (χ1v) is 8.12. The van der Waals surface area contributed by atoms with E-state index in [0.29, 0.717) is 25.3 Å². The van der Waals surface area contributed by atoms with Crippen LogP contribution in [-0.4, -0.2) is 36.3 Å². The SMILES string of the molecule is CC(N)C1CCCN(C(=O)CCc2ccc(OC(F)(F)F)cc2)C1. The number of ether oxygens (including phenoxy) is 1. The van der Waals surface area contributed by atoms with Gasteiger partial charge >= 0.3 is 6.36 Å². The molecule has 0 radical (unpaired) electrons. The quantitative estimate of drug-likeness (QED) is 0.893. The number of carbonyl (C=O) groups excluding carboxylic acids is 1. The second kappa shape index (κ2) is 7.88. The van der Waals surface area contributed by atoms with Crippen molar-refractivity contribution in [3.05, 3.63) is 29.8 Å². The van der Waals surface area contributed by atoms with Crippen LogP contribution in [0.15, 0.2) is 24.3 Å². The van der Waals surface area contributed by atoms with E-state index in [1.54, 1.807) is 12.1 Å². The molecule has 1 saturated heterocycles. The second-order valence-electron chi connectivity index (χ2n) is 6.29. The number of hydrogen-bond donors (Lipinski definition) is 1. The van der Waals surface area contributed by atoms with Crippen molar-refractivity contribution in [2.24, 2.45) is 11.7 Å². The van der Waals surface area contributed by atoms with E-state index in [9.17, 15) is 18.0 Å². The van der Waals surface area contributed by atoms with E-state index >= 15 is 0 Å². The molecule has 2 atom stereocenters. The van der Waals surface area contributed by atoms with E-state index in [2.05, 4.69) is 4.74 Å². The molecule has 4 nitrogen and oxygen atoms in total. The lowest BCUT2D eigenvalue weighted by atomic mass is 9.92. The summed E-state index contributed by atoms with van der Waals surface area (Å²) >= 11 is 0. The molecule has 2 rings (SSSR count). The summed E-state index contributed by atoms with van der Waals surface area (Å²) < 4.78 is 40.2. The number of piperidine rings is 1. The van der Waals surface area contributed by atoms with Crippen LogP contribution in [0.25, 0.3) is 0 Å². The normalized spacial score (nSPS) is 19.9. The van der Waals surface area contributed by atoms with Crippen LogP contribution in [0.3, 0.4) is 0 Å². The molecule has 2 unspecified atom stereocenters. The van der Waals surface area contributed by atoms with Gasteiger partial charge in [-0.1, -0.05) is 12.1 Å². The maximum absolute atomic E-state index is 12.3. The highest BCUT2D eigenvalue weighted by molar-refractivity contribution is 5.76. The van der Waals surface area contributed by atoms with Crippen LogP contribution in [0.4, 0.5) is 13.2 Å². The van der Waals surface area contributed by atoms with E-state index in [1.165, 1.54) is 12.1 Å². The molecule has 1 aromatic carbocycles. The maximum Gasteiger partial charge on any atom is 0.573 e. The third-order valence-corrected chi connectivity index (χ3v) is 4.34. The van der Waals surface area contributed by atoms with E-state index in [-0.39, 0.29) is 17.7 Å². The monoisotopic (exact) mass is 344 g/mol. The molecule has 24 heavy (non-hydrogen) atoms. The van der Waals surface area contributed by atoms with E-state index < -0.39 is 6.36 Å². The fraction of sp³-hybridized carbons (Fsp3) is 0.588. The molecule has 1 aliphatic rings. The number of benzene rings is 1. The van der Waals surface area contributed by atoms with Crippen LogP contribution in [0.1, 0.15) is 31.7 Å². The van der Waals surface area contributed by atoms with Gasteiger partial charge in [0.2, 0.25) is 5.91 Å². The van der Waals surface area contributed by atoms with Crippen molar-refractivity contribution in [3.63, 3.8) is 0 Å². The molecule has 1 aromatic rings. The van der Waals surface area contributed by atoms with Crippen molar-refractivity contribution in [2.75, 3.05) is 13.1 Å². The summed E-state index contributed by atoms with van der Waals surface area (Å²) in [6, 6.07) is 5.70. The molecule has 0 bridgehead atoms. The lowest BCUT2D eigenvalue weighted by Gasteiger charge is -2.34. The molecule has 0 aromatic heterocycles. The number of nitrogens with two attached hydrogens (primary N) is 1. The van der Waals surface area contributed by atoms with Crippen LogP contribution in [-0.2, 0) is 11.2 Å². The minimum atomic E-state index is -4.69. The lowest BCUT2D eigenvalue weighted by molar-refractivity contribution is -0.274. The number of carbonyl (C=O) groups is 1. The van der Waals surface area contributed by atoms with Gasteiger partial charge in [-0.25, -0.2) is 0 Å². The smallest absolute Gasteiger partial charge is 0.406 e. The molecule has 0 aliphatic carbocycles. The third-order valence-electron chi connectivity index (χ3n) is 4.34. The molecule has 1 heterocycles. The highest BCUT2D eigenvalue weighted by atomic mass is 19.4. The Morgan fingerprint density at radius 2 is 2.04 bits per heavy atom. The first kappa shape index (κ1) is 18.6. The Kier molecular flexibility index (Phi) is 6.10. The fourth-order valence-electron chi connectivity index (χ4n) is 2.93. The van der Waals surface area contributed by atoms with E-state index in [0.717, 1.165) is 24.9 Å². The van der Waals surface area contributed by atoms with Gasteiger partial charge in [-0.2, -0.15) is 0 Å². The van der Waals surface area contributed by atoms with Crippen LogP contribution >= 0.6 is 0 Å². The van der Waals surface area contributed by atoms with Gasteiger partial charge < -0.3 is 15.4 Å². The number of alkyl halides is 3. The van der Waals surface area contributed by atoms with Crippen molar-refractivity contribution >= 4 is 5.91 Å². The van der Waals surface area contributed by atoms with Gasteiger partial charge in [-0.3, -0.25) is 4.79 Å². The number of nitrogens with zero attached hydrogens (tertiary/aromatic N) is 1. The van der Waals surface area contributed by atoms with Gasteiger partial charge in [0.25, 0.3) is 0 Å². The van der Waals surface area contributed by atoms with E-state index in [4.69, 9.17) is 5.73 Å². The Morgan fingerprint density at radius 3 is 2.62 bits per heavy atom. The second-order valence-corrected chi connectivity index (χ2v) is 6.29. The Hall–Kier alpha value is -1.76. The Balaban J connectivity index is 1.83. The first-order chi connectivity index (χ1) is 11.2. The molecule has 1 aliphatic heterocycles. The lowest BCUT2D eigenvalue weighted by Crippen LogP contribution is -2.45. The first-order valence-electron chi connectivity index (χ1n) is 8.12. The van der Waals surface area contributed by atoms with Crippen molar-refractivity contribution < 1.29 is 22.7 Å². The van der Waals surface area contributed by atoms with Gasteiger partial charge in [-0.15, -0.1) is 13.2 Å². The van der Waals surface area contributed by atoms with Crippen LogP contribution < -0.4 is 10.5 Å². The summed E-state index contributed by atoms with van der Waals surface area (Å²) in [4.78, 5) is 14.2. The van der Waals surface area contributed by atoms with Gasteiger partial charge in [0.15, 0.2) is 0 Å². The van der Waals surface area contributed by atoms with Crippen LogP contribution in [0.5, 0.6) is 5.75 Å². The summed E-state index contributed by atoms with van der Waals surface area (Å²) in [6.45, 7) is 3.40. The number of aryl methyl sites for hydroxylation is 1. The van der Waals surface area contributed by atoms with Crippen molar-refractivity contribution in [1.82, 2.24) is 4.90 Å². The van der Waals surface area contributed by atoms with Crippen LogP contribution in [0.2, 0.25) is 0 Å². The number of likely N-dealkylation sites (tertiary alicyclic amines) is 1. The maximum atomic E-state index is 12.3. The molecule has 1 amide bonds. The Labute approximate surface area is 139 Å². The number of hydrogen-bond acceptors (Lipinski definition) is 3. The molecule has 0 spiro atoms. The highest BCUT2D eigenvalue weighted by Gasteiger charge is 2.31. The molecule has 0 saturated carbocycles. The van der Waals surface area contributed by atoms with Gasteiger partial charge in [0.05, 0.1) is 0 Å². The van der Waals surface area contributed by atoms with Crippen molar-refractivity contribution in [2.45, 2.75) is 45.0 Å². The zero-order chi connectivity index (χ0) is 17.7. The minimum Gasteiger partial charge on any atom is -0.406 e. The number of rotatable bonds is 5. The zero-order valence-electron chi connectivity index (χ0n) is 13.7. The zero-order valence-corrected chi connectivity index (χ0v) is 13.7. The topological polar surface area (TPSA) is 55.6 Å². The number of amides is 1. The average Bonchev–Trinajstić information content (AvgIpc) is 2.52. The average molecular weight is 344 g/mol.